The quantitative estimate of drug-likeness (QED) is 0.477. The van der Waals surface area contributed by atoms with Gasteiger partial charge in [0.1, 0.15) is 5.75 Å². The Bertz CT molecular complexity index is 786. The average Bonchev–Trinajstić information content (AvgIpc) is 2.63. The van der Waals surface area contributed by atoms with Gasteiger partial charge in [0.15, 0.2) is 6.61 Å². The van der Waals surface area contributed by atoms with E-state index >= 15 is 0 Å². The lowest BCUT2D eigenvalue weighted by atomic mass is 10.1. The summed E-state index contributed by atoms with van der Waals surface area (Å²) in [6.45, 7) is 5.22. The van der Waals surface area contributed by atoms with Crippen LogP contribution in [-0.4, -0.2) is 30.8 Å². The Morgan fingerprint density at radius 3 is 2.60 bits per heavy atom. The molecular weight excluding hydrogens is 320 g/mol. The van der Waals surface area contributed by atoms with E-state index in [1.165, 1.54) is 0 Å². The van der Waals surface area contributed by atoms with Gasteiger partial charge in [-0.3, -0.25) is 9.59 Å². The van der Waals surface area contributed by atoms with Gasteiger partial charge in [-0.1, -0.05) is 30.3 Å². The minimum Gasteiger partial charge on any atom is -0.484 e. The number of nitrogens with one attached hydrogen (secondary N) is 1. The summed E-state index contributed by atoms with van der Waals surface area (Å²) >= 11 is 0. The fraction of sp³-hybridized carbons (Fsp3) is 0.316. The summed E-state index contributed by atoms with van der Waals surface area (Å²) in [5.41, 5.74) is 2.85. The van der Waals surface area contributed by atoms with Gasteiger partial charge < -0.3 is 9.47 Å². The molecule has 0 saturated heterocycles. The predicted molar refractivity (Wildman–Crippen MR) is 96.5 cm³/mol. The van der Waals surface area contributed by atoms with E-state index in [1.54, 1.807) is 20.8 Å². The Hall–Kier alpha value is -2.89. The van der Waals surface area contributed by atoms with Crippen molar-refractivity contribution >= 4 is 28.4 Å². The van der Waals surface area contributed by atoms with Crippen LogP contribution in [0.2, 0.25) is 0 Å². The molecule has 0 aliphatic carbocycles. The van der Waals surface area contributed by atoms with Crippen LogP contribution >= 0.6 is 0 Å². The topological polar surface area (TPSA) is 77.0 Å². The molecule has 0 radical (unpaired) electrons. The van der Waals surface area contributed by atoms with Crippen LogP contribution in [0.5, 0.6) is 5.75 Å². The highest BCUT2D eigenvalue weighted by Gasteiger charge is 2.17. The largest absolute Gasteiger partial charge is 0.484 e. The Kier molecular flexibility index (Phi) is 6.51. The summed E-state index contributed by atoms with van der Waals surface area (Å²) < 4.78 is 10.4. The smallest absolute Gasteiger partial charge is 0.314 e. The van der Waals surface area contributed by atoms with E-state index in [2.05, 4.69) is 10.5 Å². The number of esters is 1. The Balaban J connectivity index is 1.87. The molecule has 2 aromatic carbocycles. The molecule has 0 spiro atoms. The first-order valence-electron chi connectivity index (χ1n) is 8.12. The Morgan fingerprint density at radius 2 is 1.88 bits per heavy atom. The second kappa shape index (κ2) is 8.82. The third-order valence-electron chi connectivity index (χ3n) is 3.71. The first kappa shape index (κ1) is 18.4. The lowest BCUT2D eigenvalue weighted by Crippen LogP contribution is -2.28. The zero-order valence-corrected chi connectivity index (χ0v) is 14.6. The van der Waals surface area contributed by atoms with Crippen molar-refractivity contribution in [1.82, 2.24) is 5.43 Å². The molecule has 6 heteroatoms. The van der Waals surface area contributed by atoms with E-state index in [-0.39, 0.29) is 12.6 Å². The molecule has 2 rings (SSSR count). The number of rotatable bonds is 7. The van der Waals surface area contributed by atoms with Crippen LogP contribution < -0.4 is 10.2 Å². The molecule has 0 saturated carbocycles. The number of hydrazone groups is 1. The van der Waals surface area contributed by atoms with Gasteiger partial charge >= 0.3 is 5.97 Å². The zero-order chi connectivity index (χ0) is 18.2. The number of benzene rings is 2. The molecule has 0 unspecified atom stereocenters. The molecule has 0 aliphatic heterocycles. The second-order valence-electron chi connectivity index (χ2n) is 5.56. The van der Waals surface area contributed by atoms with E-state index in [4.69, 9.17) is 9.47 Å². The SMILES string of the molecule is CCOC(=O)[C@@H](C)/C(C)=N/NC(=O)COc1ccc2ccccc2c1. The van der Waals surface area contributed by atoms with Gasteiger partial charge in [0.2, 0.25) is 0 Å². The molecule has 0 fully saturated rings. The van der Waals surface area contributed by atoms with Gasteiger partial charge in [0.05, 0.1) is 12.5 Å². The number of hydrogen-bond acceptors (Lipinski definition) is 5. The van der Waals surface area contributed by atoms with E-state index in [9.17, 15) is 9.59 Å². The Morgan fingerprint density at radius 1 is 1.16 bits per heavy atom. The first-order valence-corrected chi connectivity index (χ1v) is 8.12. The molecule has 0 heterocycles. The van der Waals surface area contributed by atoms with Crippen molar-refractivity contribution in [2.75, 3.05) is 13.2 Å². The lowest BCUT2D eigenvalue weighted by molar-refractivity contribution is -0.145. The van der Waals surface area contributed by atoms with Crippen LogP contribution in [0.4, 0.5) is 0 Å². The average molecular weight is 342 g/mol. The molecule has 0 aromatic heterocycles. The monoisotopic (exact) mass is 342 g/mol. The van der Waals surface area contributed by atoms with Crippen molar-refractivity contribution < 1.29 is 19.1 Å². The van der Waals surface area contributed by atoms with Gasteiger partial charge in [-0.2, -0.15) is 5.10 Å². The molecule has 1 amide bonds. The summed E-state index contributed by atoms with van der Waals surface area (Å²) in [5, 5.41) is 6.07. The van der Waals surface area contributed by atoms with Crippen LogP contribution in [-0.2, 0) is 14.3 Å². The van der Waals surface area contributed by atoms with Crippen molar-refractivity contribution in [2.45, 2.75) is 20.8 Å². The maximum atomic E-state index is 11.8. The number of nitrogens with zero attached hydrogens (tertiary/aromatic N) is 1. The molecule has 1 N–H and O–H groups in total. The number of carbonyl (C=O) groups excluding carboxylic acids is 2. The van der Waals surface area contributed by atoms with Crippen LogP contribution in [0.3, 0.4) is 0 Å². The number of carbonyl (C=O) groups is 2. The predicted octanol–water partition coefficient (Wildman–Crippen LogP) is 2.91. The first-order chi connectivity index (χ1) is 12.0. The van der Waals surface area contributed by atoms with Crippen LogP contribution in [0, 0.1) is 5.92 Å². The molecule has 2 aromatic rings. The number of hydrogen-bond donors (Lipinski definition) is 1. The number of ether oxygens (including phenoxy) is 2. The summed E-state index contributed by atoms with van der Waals surface area (Å²) in [5.74, 6) is -0.676. The lowest BCUT2D eigenvalue weighted by Gasteiger charge is -2.10. The molecule has 0 bridgehead atoms. The molecule has 0 aliphatic rings. The highest BCUT2D eigenvalue weighted by atomic mass is 16.5. The van der Waals surface area contributed by atoms with Gasteiger partial charge in [0, 0.05) is 5.71 Å². The molecular formula is C19H22N2O4. The van der Waals surface area contributed by atoms with Crippen molar-refractivity contribution in [3.05, 3.63) is 42.5 Å². The fourth-order valence-corrected chi connectivity index (χ4v) is 2.12. The fourth-order valence-electron chi connectivity index (χ4n) is 2.12. The maximum Gasteiger partial charge on any atom is 0.314 e. The number of fused-ring (bicyclic) bond motifs is 1. The minimum atomic E-state index is -0.512. The Labute approximate surface area is 146 Å². The number of amides is 1. The van der Waals surface area contributed by atoms with Crippen molar-refractivity contribution in [3.63, 3.8) is 0 Å². The molecule has 6 nitrogen and oxygen atoms in total. The van der Waals surface area contributed by atoms with Crippen LogP contribution in [0.1, 0.15) is 20.8 Å². The molecule has 25 heavy (non-hydrogen) atoms. The molecule has 1 atom stereocenters. The summed E-state index contributed by atoms with van der Waals surface area (Å²) in [4.78, 5) is 23.4. The van der Waals surface area contributed by atoms with Gasteiger partial charge in [0.25, 0.3) is 5.91 Å². The van der Waals surface area contributed by atoms with E-state index in [0.717, 1.165) is 10.8 Å². The van der Waals surface area contributed by atoms with Gasteiger partial charge in [-0.05, 0) is 43.7 Å². The minimum absolute atomic E-state index is 0.164. The summed E-state index contributed by atoms with van der Waals surface area (Å²) in [6, 6.07) is 13.5. The van der Waals surface area contributed by atoms with Gasteiger partial charge in [-0.25, -0.2) is 5.43 Å². The molecule has 132 valence electrons. The summed E-state index contributed by atoms with van der Waals surface area (Å²) in [6.07, 6.45) is 0. The summed E-state index contributed by atoms with van der Waals surface area (Å²) in [7, 11) is 0. The van der Waals surface area contributed by atoms with E-state index in [1.807, 2.05) is 42.5 Å². The van der Waals surface area contributed by atoms with E-state index in [0.29, 0.717) is 18.1 Å². The van der Waals surface area contributed by atoms with Gasteiger partial charge in [-0.15, -0.1) is 0 Å². The van der Waals surface area contributed by atoms with Crippen LogP contribution in [0.15, 0.2) is 47.6 Å². The third kappa shape index (κ3) is 5.31. The van der Waals surface area contributed by atoms with Crippen LogP contribution in [0.25, 0.3) is 10.8 Å². The highest BCUT2D eigenvalue weighted by Crippen LogP contribution is 2.20. The van der Waals surface area contributed by atoms with E-state index < -0.39 is 11.8 Å². The standard InChI is InChI=1S/C19H22N2O4/c1-4-24-19(23)13(2)14(3)20-21-18(22)12-25-17-10-9-15-7-5-6-8-16(15)11-17/h5-11,13H,4,12H2,1-3H3,(H,21,22)/b20-14+/t13-/m0/s1. The second-order valence-corrected chi connectivity index (χ2v) is 5.56. The highest BCUT2D eigenvalue weighted by molar-refractivity contribution is 6.00. The zero-order valence-electron chi connectivity index (χ0n) is 14.6. The normalized spacial score (nSPS) is 12.5. The third-order valence-corrected chi connectivity index (χ3v) is 3.71. The maximum absolute atomic E-state index is 11.8. The van der Waals surface area contributed by atoms with Crippen molar-refractivity contribution in [2.24, 2.45) is 11.0 Å². The van der Waals surface area contributed by atoms with Crippen molar-refractivity contribution in [1.29, 1.82) is 0 Å². The van der Waals surface area contributed by atoms with Crippen molar-refractivity contribution in [3.8, 4) is 5.75 Å².